The van der Waals surface area contributed by atoms with Gasteiger partial charge in [-0.25, -0.2) is 0 Å². The Balaban J connectivity index is 2.10. The average molecular weight is 271 g/mol. The zero-order valence-electron chi connectivity index (χ0n) is 10.4. The van der Waals surface area contributed by atoms with Crippen molar-refractivity contribution in [3.8, 4) is 5.75 Å². The van der Waals surface area contributed by atoms with Crippen molar-refractivity contribution in [2.75, 3.05) is 4.90 Å². The Kier molecular flexibility index (Phi) is 2.95. The van der Waals surface area contributed by atoms with Gasteiger partial charge in [-0.05, 0) is 18.2 Å². The lowest BCUT2D eigenvalue weighted by molar-refractivity contribution is -0.116. The maximum atomic E-state index is 11.9. The van der Waals surface area contributed by atoms with E-state index in [1.54, 1.807) is 35.7 Å². The van der Waals surface area contributed by atoms with Crippen LogP contribution in [0.5, 0.6) is 5.75 Å². The highest BCUT2D eigenvalue weighted by atomic mass is 32.2. The SMILES string of the molecule is CC(=O)N1c2ccccc2SC1c1ccccc1O. The van der Waals surface area contributed by atoms with Crippen LogP contribution in [0.1, 0.15) is 17.9 Å². The number of nitrogens with zero attached hydrogens (tertiary/aromatic N) is 1. The predicted octanol–water partition coefficient (Wildman–Crippen LogP) is 3.55. The van der Waals surface area contributed by atoms with E-state index in [4.69, 9.17) is 0 Å². The van der Waals surface area contributed by atoms with Gasteiger partial charge in [-0.2, -0.15) is 0 Å². The predicted molar refractivity (Wildman–Crippen MR) is 76.3 cm³/mol. The smallest absolute Gasteiger partial charge is 0.225 e. The van der Waals surface area contributed by atoms with Gasteiger partial charge in [0.15, 0.2) is 0 Å². The summed E-state index contributed by atoms with van der Waals surface area (Å²) in [7, 11) is 0. The lowest BCUT2D eigenvalue weighted by Gasteiger charge is -2.23. The van der Waals surface area contributed by atoms with Crippen LogP contribution in [0, 0.1) is 0 Å². The third kappa shape index (κ3) is 1.98. The Morgan fingerprint density at radius 3 is 2.58 bits per heavy atom. The molecule has 0 fully saturated rings. The molecule has 19 heavy (non-hydrogen) atoms. The quantitative estimate of drug-likeness (QED) is 0.862. The zero-order valence-corrected chi connectivity index (χ0v) is 11.2. The van der Waals surface area contributed by atoms with Gasteiger partial charge in [-0.3, -0.25) is 9.69 Å². The summed E-state index contributed by atoms with van der Waals surface area (Å²) in [5.41, 5.74) is 1.67. The molecular weight excluding hydrogens is 258 g/mol. The molecule has 1 aliphatic rings. The van der Waals surface area contributed by atoms with Gasteiger partial charge >= 0.3 is 0 Å². The van der Waals surface area contributed by atoms with Crippen molar-refractivity contribution in [2.45, 2.75) is 17.2 Å². The number of benzene rings is 2. The second kappa shape index (κ2) is 4.63. The highest BCUT2D eigenvalue weighted by Crippen LogP contribution is 2.52. The monoisotopic (exact) mass is 271 g/mol. The number of fused-ring (bicyclic) bond motifs is 1. The molecule has 0 saturated heterocycles. The maximum absolute atomic E-state index is 11.9. The van der Waals surface area contributed by atoms with E-state index in [1.165, 1.54) is 0 Å². The number of anilines is 1. The number of aromatic hydroxyl groups is 1. The molecule has 2 aromatic rings. The van der Waals surface area contributed by atoms with Gasteiger partial charge in [0.1, 0.15) is 11.1 Å². The van der Waals surface area contributed by atoms with Crippen LogP contribution in [0.4, 0.5) is 5.69 Å². The number of phenols is 1. The molecule has 2 aromatic carbocycles. The standard InChI is InChI=1S/C15H13NO2S/c1-10(17)16-12-7-3-5-9-14(12)19-15(16)11-6-2-4-8-13(11)18/h2-9,15,18H,1H3. The van der Waals surface area contributed by atoms with Gasteiger partial charge in [0.05, 0.1) is 5.69 Å². The molecule has 0 aliphatic carbocycles. The van der Waals surface area contributed by atoms with Crippen LogP contribution in [-0.2, 0) is 4.79 Å². The van der Waals surface area contributed by atoms with E-state index in [0.29, 0.717) is 0 Å². The molecule has 1 amide bonds. The van der Waals surface area contributed by atoms with Crippen LogP contribution in [-0.4, -0.2) is 11.0 Å². The van der Waals surface area contributed by atoms with E-state index in [9.17, 15) is 9.90 Å². The third-order valence-electron chi connectivity index (χ3n) is 3.14. The number of rotatable bonds is 1. The van der Waals surface area contributed by atoms with E-state index < -0.39 is 0 Å². The first-order valence-corrected chi connectivity index (χ1v) is 6.90. The van der Waals surface area contributed by atoms with Gasteiger partial charge in [0.2, 0.25) is 5.91 Å². The molecule has 1 aliphatic heterocycles. The second-order valence-corrected chi connectivity index (χ2v) is 5.51. The Labute approximate surface area is 115 Å². The Morgan fingerprint density at radius 2 is 1.84 bits per heavy atom. The van der Waals surface area contributed by atoms with E-state index in [0.717, 1.165) is 16.1 Å². The molecule has 0 spiro atoms. The van der Waals surface area contributed by atoms with Crippen LogP contribution < -0.4 is 4.90 Å². The fourth-order valence-corrected chi connectivity index (χ4v) is 3.67. The number of carbonyl (C=O) groups excluding carboxylic acids is 1. The minimum Gasteiger partial charge on any atom is -0.508 e. The first-order valence-electron chi connectivity index (χ1n) is 6.02. The van der Waals surface area contributed by atoms with Gasteiger partial charge in [0, 0.05) is 17.4 Å². The van der Waals surface area contributed by atoms with Crippen molar-refractivity contribution in [1.29, 1.82) is 0 Å². The van der Waals surface area contributed by atoms with Crippen molar-refractivity contribution in [1.82, 2.24) is 0 Å². The molecule has 1 N–H and O–H groups in total. The average Bonchev–Trinajstić information content (AvgIpc) is 2.78. The summed E-state index contributed by atoms with van der Waals surface area (Å²) in [5, 5.41) is 9.80. The van der Waals surface area contributed by atoms with Crippen molar-refractivity contribution in [2.24, 2.45) is 0 Å². The van der Waals surface area contributed by atoms with Crippen molar-refractivity contribution >= 4 is 23.4 Å². The van der Waals surface area contributed by atoms with Gasteiger partial charge in [-0.15, -0.1) is 0 Å². The lowest BCUT2D eigenvalue weighted by Crippen LogP contribution is -2.28. The molecule has 96 valence electrons. The molecule has 3 nitrogen and oxygen atoms in total. The molecule has 1 atom stereocenters. The minimum atomic E-state index is -0.198. The molecule has 0 radical (unpaired) electrons. The van der Waals surface area contributed by atoms with E-state index >= 15 is 0 Å². The third-order valence-corrected chi connectivity index (χ3v) is 4.43. The zero-order chi connectivity index (χ0) is 13.4. The normalized spacial score (nSPS) is 17.3. The summed E-state index contributed by atoms with van der Waals surface area (Å²) in [6.45, 7) is 1.55. The minimum absolute atomic E-state index is 0.0225. The fourth-order valence-electron chi connectivity index (χ4n) is 2.29. The molecule has 0 bridgehead atoms. The van der Waals surface area contributed by atoms with Crippen molar-refractivity contribution < 1.29 is 9.90 Å². The molecule has 3 rings (SSSR count). The number of para-hydroxylation sites is 2. The van der Waals surface area contributed by atoms with Gasteiger partial charge < -0.3 is 5.11 Å². The first-order chi connectivity index (χ1) is 9.18. The summed E-state index contributed by atoms with van der Waals surface area (Å²) < 4.78 is 0. The maximum Gasteiger partial charge on any atom is 0.225 e. The molecule has 1 heterocycles. The second-order valence-electron chi connectivity index (χ2n) is 4.39. The summed E-state index contributed by atoms with van der Waals surface area (Å²) in [4.78, 5) is 14.7. The summed E-state index contributed by atoms with van der Waals surface area (Å²) >= 11 is 1.58. The highest BCUT2D eigenvalue weighted by Gasteiger charge is 2.34. The number of hydrogen-bond acceptors (Lipinski definition) is 3. The molecule has 1 unspecified atom stereocenters. The van der Waals surface area contributed by atoms with Crippen LogP contribution in [0.2, 0.25) is 0 Å². The topological polar surface area (TPSA) is 40.5 Å². The number of amides is 1. The largest absolute Gasteiger partial charge is 0.508 e. The van der Waals surface area contributed by atoms with Gasteiger partial charge in [0.25, 0.3) is 0 Å². The van der Waals surface area contributed by atoms with E-state index in [2.05, 4.69) is 0 Å². The number of phenolic OH excluding ortho intramolecular Hbond substituents is 1. The Hall–Kier alpha value is -1.94. The number of carbonyl (C=O) groups is 1. The summed E-state index contributed by atoms with van der Waals surface area (Å²) in [6, 6.07) is 15.0. The fraction of sp³-hybridized carbons (Fsp3) is 0.133. The van der Waals surface area contributed by atoms with Crippen molar-refractivity contribution in [3.05, 3.63) is 54.1 Å². The van der Waals surface area contributed by atoms with Crippen LogP contribution in [0.3, 0.4) is 0 Å². The van der Waals surface area contributed by atoms with Crippen LogP contribution in [0.25, 0.3) is 0 Å². The van der Waals surface area contributed by atoms with Crippen LogP contribution in [0.15, 0.2) is 53.4 Å². The Morgan fingerprint density at radius 1 is 1.16 bits per heavy atom. The van der Waals surface area contributed by atoms with Crippen LogP contribution >= 0.6 is 11.8 Å². The molecule has 0 aromatic heterocycles. The lowest BCUT2D eigenvalue weighted by atomic mass is 10.1. The molecular formula is C15H13NO2S. The summed E-state index contributed by atoms with van der Waals surface area (Å²) in [6.07, 6.45) is 0. The van der Waals surface area contributed by atoms with E-state index in [-0.39, 0.29) is 17.0 Å². The highest BCUT2D eigenvalue weighted by molar-refractivity contribution is 8.00. The number of thioether (sulfide) groups is 1. The van der Waals surface area contributed by atoms with Gasteiger partial charge in [-0.1, -0.05) is 42.1 Å². The Bertz CT molecular complexity index is 642. The van der Waals surface area contributed by atoms with Crippen molar-refractivity contribution in [3.63, 3.8) is 0 Å². The summed E-state index contributed by atoms with van der Waals surface area (Å²) in [5.74, 6) is 0.199. The molecule has 4 heteroatoms. The van der Waals surface area contributed by atoms with E-state index in [1.807, 2.05) is 36.4 Å². The molecule has 0 saturated carbocycles. The first kappa shape index (κ1) is 12.1. The number of hydrogen-bond donors (Lipinski definition) is 1.